The van der Waals surface area contributed by atoms with Gasteiger partial charge in [-0.25, -0.2) is 0 Å². The van der Waals surface area contributed by atoms with Gasteiger partial charge in [0.05, 0.1) is 0 Å². The summed E-state index contributed by atoms with van der Waals surface area (Å²) in [4.78, 5) is 10.4. The van der Waals surface area contributed by atoms with Crippen LogP contribution >= 0.6 is 0 Å². The summed E-state index contributed by atoms with van der Waals surface area (Å²) in [6.07, 6.45) is 10.0. The van der Waals surface area contributed by atoms with Crippen molar-refractivity contribution >= 4 is 27.3 Å². The van der Waals surface area contributed by atoms with Gasteiger partial charge < -0.3 is 0 Å². The van der Waals surface area contributed by atoms with Crippen molar-refractivity contribution in [2.45, 2.75) is 71.1 Å². The Balaban J connectivity index is 0.977. The van der Waals surface area contributed by atoms with Crippen molar-refractivity contribution in [2.75, 3.05) is 0 Å². The Bertz CT molecular complexity index is 3860. The number of pyridine rings is 1. The van der Waals surface area contributed by atoms with Crippen molar-refractivity contribution in [3.05, 3.63) is 238 Å². The van der Waals surface area contributed by atoms with E-state index in [1.165, 1.54) is 38.9 Å². The van der Waals surface area contributed by atoms with E-state index < -0.39 is 0 Å². The van der Waals surface area contributed by atoms with E-state index >= 15 is 0 Å². The average molecular weight is 1100 g/mol. The molecule has 15 rings (SSSR count). The molecular weight excluding hydrogens is 1050 g/mol. The van der Waals surface area contributed by atoms with Crippen LogP contribution in [-0.4, -0.2) is 23.5 Å². The molecule has 352 valence electrons. The first-order valence-corrected chi connectivity index (χ1v) is 25.7. The number of imidazole rings is 1. The Hall–Kier alpha value is -7.40. The Morgan fingerprint density at radius 3 is 2.01 bits per heavy atom. The van der Waals surface area contributed by atoms with Crippen LogP contribution in [-0.2, 0) is 55.9 Å². The van der Waals surface area contributed by atoms with Gasteiger partial charge in [0.1, 0.15) is 0 Å². The maximum absolute atomic E-state index is 6.78. The number of benzene rings is 7. The van der Waals surface area contributed by atoms with Crippen molar-refractivity contribution in [1.29, 1.82) is 0 Å². The van der Waals surface area contributed by atoms with Gasteiger partial charge in [0.2, 0.25) is 0 Å². The topological polar surface area (TPSA) is 49.3 Å². The van der Waals surface area contributed by atoms with Gasteiger partial charge in [-0.05, 0) is 38.8 Å². The van der Waals surface area contributed by atoms with Crippen molar-refractivity contribution in [3.63, 3.8) is 0 Å². The van der Waals surface area contributed by atoms with Gasteiger partial charge in [-0.1, -0.05) is 126 Å². The SMILES string of the molecule is CC(C)(C)c1ccc(-c2cnc(-n3c4[c-]c(Oc5[c-]c(-n6cc7c8cnc(n7[c]6=[Pt])CCc6ccc(cc6)CC8)ccc5)ccc4c4cc(-c5ccccc5)ccc43)cc2C(C)(C)c2ccccc2)cc1. The van der Waals surface area contributed by atoms with Crippen molar-refractivity contribution < 1.29 is 24.1 Å². The summed E-state index contributed by atoms with van der Waals surface area (Å²) in [7, 11) is 0. The predicted molar refractivity (Wildman–Crippen MR) is 283 cm³/mol. The van der Waals surface area contributed by atoms with Crippen LogP contribution in [0.5, 0.6) is 11.5 Å². The second kappa shape index (κ2) is 17.8. The van der Waals surface area contributed by atoms with E-state index in [1.54, 1.807) is 0 Å². The quantitative estimate of drug-likeness (QED) is 0.143. The van der Waals surface area contributed by atoms with Crippen LogP contribution in [0.2, 0.25) is 0 Å². The maximum atomic E-state index is 6.78. The number of hydrogen-bond acceptors (Lipinski definition) is 3. The van der Waals surface area contributed by atoms with Gasteiger partial charge >= 0.3 is 247 Å². The molecule has 7 aromatic carbocycles. The first-order valence-electron chi connectivity index (χ1n) is 24.5. The summed E-state index contributed by atoms with van der Waals surface area (Å²) >= 11 is 2.44. The molecule has 0 aliphatic carbocycles. The van der Waals surface area contributed by atoms with Crippen LogP contribution in [0.1, 0.15) is 73.8 Å². The third kappa shape index (κ3) is 8.28. The summed E-state index contributed by atoms with van der Waals surface area (Å²) in [6.45, 7) is 11.4. The van der Waals surface area contributed by atoms with Crippen molar-refractivity contribution in [2.24, 2.45) is 0 Å². The molecule has 4 aliphatic rings. The molecule has 0 unspecified atom stereocenters. The second-order valence-corrected chi connectivity index (χ2v) is 21.4. The summed E-state index contributed by atoms with van der Waals surface area (Å²) in [6, 6.07) is 66.2. The second-order valence-electron chi connectivity index (χ2n) is 20.4. The number of fused-ring (bicyclic) bond motifs is 3. The number of aromatic nitrogens is 5. The molecule has 8 heterocycles. The third-order valence-corrected chi connectivity index (χ3v) is 15.5. The van der Waals surface area contributed by atoms with E-state index in [4.69, 9.17) is 14.7 Å². The van der Waals surface area contributed by atoms with E-state index in [2.05, 4.69) is 244 Å². The zero-order chi connectivity index (χ0) is 48.4. The van der Waals surface area contributed by atoms with E-state index in [0.717, 1.165) is 90.9 Å². The molecule has 7 heteroatoms. The fourth-order valence-electron chi connectivity index (χ4n) is 10.4. The molecule has 0 N–H and O–H groups in total. The zero-order valence-electron chi connectivity index (χ0n) is 40.6. The van der Waals surface area contributed by atoms with E-state index in [0.29, 0.717) is 11.5 Å². The summed E-state index contributed by atoms with van der Waals surface area (Å²) in [5.41, 5.74) is 15.8. The van der Waals surface area contributed by atoms with Crippen LogP contribution in [0, 0.1) is 15.9 Å². The van der Waals surface area contributed by atoms with Gasteiger partial charge in [-0.2, -0.15) is 0 Å². The fraction of sp³-hybridized carbons (Fsp3) is 0.172. The summed E-state index contributed by atoms with van der Waals surface area (Å²) in [5.74, 6) is 3.05. The van der Waals surface area contributed by atoms with Crippen LogP contribution in [0.4, 0.5) is 0 Å². The Kier molecular flexibility index (Phi) is 11.2. The smallest absolute Gasteiger partial charge is 0.0622 e. The van der Waals surface area contributed by atoms with Gasteiger partial charge in [0.25, 0.3) is 0 Å². The molecule has 11 aromatic rings. The minimum absolute atomic E-state index is 0.0460. The Morgan fingerprint density at radius 2 is 1.27 bits per heavy atom. The molecule has 0 spiro atoms. The first-order chi connectivity index (χ1) is 34.5. The standard InChI is InChI=1S/C64H53N5O.Pt/c1-63(2,3)49-29-26-46(27-30-49)56-40-66-62(38-57(56)64(4,5)50-15-10-7-11-16-50)69-58-33-28-47(45-13-8-6-9-14-45)35-55(58)54-32-31-53(37-59(54)69)70-52-18-12-17-51(36-52)67-41-60-48-25-23-43-19-21-44(22-20-43)24-34-61(65-39-48)68(60)42-67;/h6-22,26-33,35,38-41H,23-25,34H2,1-5H3;/q-2;. The summed E-state index contributed by atoms with van der Waals surface area (Å²) < 4.78 is 14.6. The average Bonchev–Trinajstić information content (AvgIpc) is 3.91. The minimum atomic E-state index is -0.364. The van der Waals surface area contributed by atoms with Gasteiger partial charge in [0, 0.05) is 17.2 Å². The first kappa shape index (κ1) is 44.8. The van der Waals surface area contributed by atoms with E-state index in [1.807, 2.05) is 18.2 Å². The molecule has 0 atom stereocenters. The molecular formula is C64H53N5OPt-2. The molecule has 0 saturated carbocycles. The van der Waals surface area contributed by atoms with Crippen LogP contribution < -0.4 is 4.74 Å². The van der Waals surface area contributed by atoms with Crippen LogP contribution in [0.15, 0.2) is 182 Å². The zero-order valence-corrected chi connectivity index (χ0v) is 42.9. The molecule has 0 radical (unpaired) electrons. The molecule has 71 heavy (non-hydrogen) atoms. The predicted octanol–water partition coefficient (Wildman–Crippen LogP) is 14.9. The normalized spacial score (nSPS) is 13.0. The molecule has 0 fully saturated rings. The monoisotopic (exact) mass is 1100 g/mol. The van der Waals surface area contributed by atoms with Crippen LogP contribution in [0.25, 0.3) is 61.1 Å². The van der Waals surface area contributed by atoms with Gasteiger partial charge in [0.15, 0.2) is 0 Å². The molecule has 4 aliphatic heterocycles. The number of nitrogens with zero attached hydrogens (tertiary/aromatic N) is 5. The van der Waals surface area contributed by atoms with E-state index in [9.17, 15) is 0 Å². The van der Waals surface area contributed by atoms with Crippen LogP contribution in [0.3, 0.4) is 0 Å². The number of rotatable bonds is 8. The molecule has 0 saturated heterocycles. The van der Waals surface area contributed by atoms with Crippen molar-refractivity contribution in [3.8, 4) is 45.3 Å². The van der Waals surface area contributed by atoms with E-state index in [-0.39, 0.29) is 10.8 Å². The molecule has 0 amide bonds. The third-order valence-electron chi connectivity index (χ3n) is 14.5. The van der Waals surface area contributed by atoms with Gasteiger partial charge in [-0.3, -0.25) is 0 Å². The summed E-state index contributed by atoms with van der Waals surface area (Å²) in [5, 5.41) is 2.18. The molecule has 6 nitrogen and oxygen atoms in total. The van der Waals surface area contributed by atoms with Gasteiger partial charge in [-0.15, -0.1) is 0 Å². The fourth-order valence-corrected chi connectivity index (χ4v) is 11.4. The molecule has 4 aromatic heterocycles. The number of ether oxygens (including phenoxy) is 1. The Morgan fingerprint density at radius 1 is 0.563 bits per heavy atom. The minimum Gasteiger partial charge on any atom is -0.0622 e. The Labute approximate surface area is 426 Å². The number of aryl methyl sites for hydroxylation is 4. The molecule has 4 bridgehead atoms. The van der Waals surface area contributed by atoms with Crippen molar-refractivity contribution in [1.82, 2.24) is 23.5 Å². The number of hydrogen-bond donors (Lipinski definition) is 0.